The van der Waals surface area contributed by atoms with Crippen LogP contribution in [0.15, 0.2) is 30.3 Å². The molecule has 0 bridgehead atoms. The van der Waals surface area contributed by atoms with Gasteiger partial charge in [0.15, 0.2) is 0 Å². The summed E-state index contributed by atoms with van der Waals surface area (Å²) in [7, 11) is 0. The fraction of sp³-hybridized carbons (Fsp3) is 0.111. The van der Waals surface area contributed by atoms with E-state index < -0.39 is 23.8 Å². The maximum atomic E-state index is 10.2. The first kappa shape index (κ1) is 16.3. The van der Waals surface area contributed by atoms with Gasteiger partial charge in [-0.25, -0.2) is 4.79 Å². The van der Waals surface area contributed by atoms with Gasteiger partial charge in [0.2, 0.25) is 0 Å². The van der Waals surface area contributed by atoms with Crippen molar-refractivity contribution in [3.63, 3.8) is 0 Å². The molecule has 1 rings (SSSR count). The van der Waals surface area contributed by atoms with Crippen LogP contribution in [0.25, 0.3) is 0 Å². The molecule has 0 aromatic heterocycles. The standard InChI is InChI=1S/C7H6O2.C2H4O.2H2O.Zn/c8-7(9)6-4-2-1-3-5-6;1-2-3;;;/h1-5H,(H,8,9);2H,1H3;2*1H2;/q;;;;+2/p-2. The Labute approximate surface area is 95.8 Å². The number of hydrogen-bond donors (Lipinski definition) is 3. The van der Waals surface area contributed by atoms with Crippen molar-refractivity contribution in [1.82, 2.24) is 0 Å². The zero-order valence-electron chi connectivity index (χ0n) is 8.33. The molecule has 15 heavy (non-hydrogen) atoms. The number of aromatic carboxylic acids is 1. The molecule has 0 saturated heterocycles. The van der Waals surface area contributed by atoms with Crippen molar-refractivity contribution in [1.29, 1.82) is 0 Å². The molecule has 0 fully saturated rings. The second kappa shape index (κ2) is 12.9. The van der Waals surface area contributed by atoms with Crippen LogP contribution in [0.5, 0.6) is 0 Å². The van der Waals surface area contributed by atoms with Gasteiger partial charge in [0.05, 0.1) is 5.56 Å². The summed E-state index contributed by atoms with van der Waals surface area (Å²) in [6, 6.07) is 8.30. The summed E-state index contributed by atoms with van der Waals surface area (Å²) in [5.41, 5.74) is 0.331. The second-order valence-corrected chi connectivity index (χ2v) is 2.64. The topological polar surface area (TPSA) is 94.8 Å². The van der Waals surface area contributed by atoms with E-state index in [1.807, 2.05) is 0 Å². The SMILES string of the molecule is CC=O.O=C(O)c1ccccc1.[OH][Zn][OH]. The molecule has 0 saturated carbocycles. The molecule has 80 valence electrons. The fourth-order valence-electron chi connectivity index (χ4n) is 0.581. The molecular weight excluding hydrogens is 253 g/mol. The Hall–Kier alpha value is -1.10. The Morgan fingerprint density at radius 3 is 1.80 bits per heavy atom. The number of hydrogen-bond acceptors (Lipinski definition) is 4. The monoisotopic (exact) mass is 264 g/mol. The van der Waals surface area contributed by atoms with E-state index in [4.69, 9.17) is 17.8 Å². The number of carboxylic acids is 1. The molecule has 0 atom stereocenters. The summed E-state index contributed by atoms with van der Waals surface area (Å²) in [5.74, 6) is -0.879. The van der Waals surface area contributed by atoms with Crippen LogP contribution >= 0.6 is 0 Å². The number of carboxylic acid groups (broad SMARTS) is 1. The molecule has 1 aromatic rings. The van der Waals surface area contributed by atoms with E-state index in [0.717, 1.165) is 6.29 Å². The number of carbonyl (C=O) groups is 2. The molecule has 3 N–H and O–H groups in total. The molecule has 0 aliphatic carbocycles. The summed E-state index contributed by atoms with van der Waals surface area (Å²) >= 11 is -1.88. The van der Waals surface area contributed by atoms with Crippen LogP contribution in [0.2, 0.25) is 0 Å². The van der Waals surface area contributed by atoms with Crippen molar-refractivity contribution < 1.29 is 40.4 Å². The minimum absolute atomic E-state index is 0.331. The van der Waals surface area contributed by atoms with Crippen LogP contribution < -0.4 is 0 Å². The van der Waals surface area contributed by atoms with Crippen LogP contribution in [0.3, 0.4) is 0 Å². The van der Waals surface area contributed by atoms with Crippen LogP contribution in [0, 0.1) is 0 Å². The summed E-state index contributed by atoms with van der Waals surface area (Å²) in [4.78, 5) is 19.0. The van der Waals surface area contributed by atoms with Gasteiger partial charge >= 0.3 is 31.7 Å². The van der Waals surface area contributed by atoms with Gasteiger partial charge in [-0.2, -0.15) is 0 Å². The van der Waals surface area contributed by atoms with Gasteiger partial charge in [0, 0.05) is 0 Å². The van der Waals surface area contributed by atoms with Gasteiger partial charge < -0.3 is 9.90 Å². The number of rotatable bonds is 1. The van der Waals surface area contributed by atoms with Gasteiger partial charge in [-0.15, -0.1) is 0 Å². The van der Waals surface area contributed by atoms with Gasteiger partial charge in [0.1, 0.15) is 6.29 Å². The molecule has 6 heteroatoms. The first-order chi connectivity index (χ1) is 7.13. The predicted molar refractivity (Wildman–Crippen MR) is 49.6 cm³/mol. The first-order valence-electron chi connectivity index (χ1n) is 4.03. The van der Waals surface area contributed by atoms with Crippen LogP contribution in [0.4, 0.5) is 0 Å². The van der Waals surface area contributed by atoms with E-state index in [0.29, 0.717) is 5.56 Å². The van der Waals surface area contributed by atoms with Gasteiger partial charge in [-0.1, -0.05) is 18.2 Å². The molecule has 1 aromatic carbocycles. The summed E-state index contributed by atoms with van der Waals surface area (Å²) < 4.78 is 14.6. The van der Waals surface area contributed by atoms with E-state index >= 15 is 0 Å². The Morgan fingerprint density at radius 2 is 1.60 bits per heavy atom. The Morgan fingerprint density at radius 1 is 1.27 bits per heavy atom. The van der Waals surface area contributed by atoms with E-state index in [9.17, 15) is 4.79 Å². The quantitative estimate of drug-likeness (QED) is 0.507. The van der Waals surface area contributed by atoms with E-state index in [1.54, 1.807) is 30.3 Å². The Bertz CT molecular complexity index is 262. The van der Waals surface area contributed by atoms with Crippen molar-refractivity contribution >= 4 is 12.3 Å². The third-order valence-corrected chi connectivity index (χ3v) is 1.02. The summed E-state index contributed by atoms with van der Waals surface area (Å²) in [5, 5.41) is 8.38. The van der Waals surface area contributed by atoms with E-state index in [-0.39, 0.29) is 0 Å². The number of aldehydes is 1. The van der Waals surface area contributed by atoms with Crippen LogP contribution in [0.1, 0.15) is 17.3 Å². The predicted octanol–water partition coefficient (Wildman–Crippen LogP) is 0.473. The molecule has 0 heterocycles. The molecule has 0 unspecified atom stereocenters. The summed E-state index contributed by atoms with van der Waals surface area (Å²) in [6.07, 6.45) is 0.750. The number of benzene rings is 1. The van der Waals surface area contributed by atoms with Crippen molar-refractivity contribution in [3.8, 4) is 0 Å². The van der Waals surface area contributed by atoms with Crippen molar-refractivity contribution in [3.05, 3.63) is 35.9 Å². The Kier molecular flexibility index (Phi) is 14.1. The van der Waals surface area contributed by atoms with E-state index in [1.165, 1.54) is 6.92 Å². The molecule has 0 spiro atoms. The fourth-order valence-corrected chi connectivity index (χ4v) is 0.581. The van der Waals surface area contributed by atoms with Crippen molar-refractivity contribution in [2.45, 2.75) is 6.92 Å². The summed E-state index contributed by atoms with van der Waals surface area (Å²) in [6.45, 7) is 1.44. The zero-order valence-corrected chi connectivity index (χ0v) is 11.3. The third-order valence-electron chi connectivity index (χ3n) is 1.02. The minimum atomic E-state index is -1.88. The molecule has 0 aliphatic heterocycles. The van der Waals surface area contributed by atoms with Crippen molar-refractivity contribution in [2.24, 2.45) is 0 Å². The van der Waals surface area contributed by atoms with Gasteiger partial charge in [-0.05, 0) is 19.1 Å². The Balaban J connectivity index is 0. The van der Waals surface area contributed by atoms with Crippen LogP contribution in [-0.4, -0.2) is 25.2 Å². The van der Waals surface area contributed by atoms with Gasteiger partial charge in [-0.3, -0.25) is 0 Å². The first-order valence-corrected chi connectivity index (χ1v) is 6.69. The average molecular weight is 266 g/mol. The molecular formula is C9H12O5Zn. The number of carbonyl (C=O) groups excluding carboxylic acids is 1. The second-order valence-electron chi connectivity index (χ2n) is 2.05. The molecule has 0 amide bonds. The molecule has 5 nitrogen and oxygen atoms in total. The maximum absolute atomic E-state index is 10.2. The third kappa shape index (κ3) is 12.9. The van der Waals surface area contributed by atoms with Crippen molar-refractivity contribution in [2.75, 3.05) is 0 Å². The zero-order chi connectivity index (χ0) is 12.1. The van der Waals surface area contributed by atoms with E-state index in [2.05, 4.69) is 0 Å². The van der Waals surface area contributed by atoms with Gasteiger partial charge in [0.25, 0.3) is 0 Å². The molecule has 0 radical (unpaired) electrons. The molecule has 0 aliphatic rings. The average Bonchev–Trinajstić information content (AvgIpc) is 2.21. The van der Waals surface area contributed by atoms with Crippen LogP contribution in [-0.2, 0) is 22.6 Å². The normalized spacial score (nSPS) is 6.87.